The molecule has 0 amide bonds. The zero-order valence-corrected chi connectivity index (χ0v) is 17.6. The van der Waals surface area contributed by atoms with Gasteiger partial charge in [-0.25, -0.2) is 0 Å². The number of hydroxylamine groups is 1. The molecule has 0 bridgehead atoms. The molecular formula is C24H31FeNO+2. The maximum atomic E-state index is 6.07. The van der Waals surface area contributed by atoms with E-state index in [-0.39, 0.29) is 29.2 Å². The van der Waals surface area contributed by atoms with Crippen molar-refractivity contribution < 1.29 is 21.9 Å². The molecule has 0 heterocycles. The van der Waals surface area contributed by atoms with Crippen molar-refractivity contribution in [2.45, 2.75) is 45.8 Å². The molecule has 3 heteroatoms. The minimum absolute atomic E-state index is 0. The summed E-state index contributed by atoms with van der Waals surface area (Å²) in [6.07, 6.45) is 20.7. The molecule has 2 aliphatic rings. The van der Waals surface area contributed by atoms with E-state index in [0.29, 0.717) is 5.92 Å². The fourth-order valence-electron chi connectivity index (χ4n) is 2.88. The Labute approximate surface area is 178 Å². The van der Waals surface area contributed by atoms with Crippen LogP contribution in [0.2, 0.25) is 0 Å². The first-order valence-electron chi connectivity index (χ1n) is 9.56. The fourth-order valence-corrected chi connectivity index (χ4v) is 2.88. The minimum atomic E-state index is 0. The smallest absolute Gasteiger partial charge is 0.293 e. The number of hydrogen-bond donors (Lipinski definition) is 1. The summed E-state index contributed by atoms with van der Waals surface area (Å²) in [4.78, 5) is 6.07. The van der Waals surface area contributed by atoms with Gasteiger partial charge in [-0.1, -0.05) is 57.5 Å². The quantitative estimate of drug-likeness (QED) is 0.456. The molecular weight excluding hydrogens is 374 g/mol. The molecule has 0 unspecified atom stereocenters. The van der Waals surface area contributed by atoms with E-state index in [2.05, 4.69) is 76.2 Å². The van der Waals surface area contributed by atoms with E-state index in [1.54, 1.807) is 0 Å². The Balaban J connectivity index is 0.000000526. The van der Waals surface area contributed by atoms with Gasteiger partial charge >= 0.3 is 17.1 Å². The normalized spacial score (nSPS) is 19.3. The number of benzene rings is 1. The van der Waals surface area contributed by atoms with Gasteiger partial charge in [-0.15, -0.1) is 0 Å². The van der Waals surface area contributed by atoms with Crippen LogP contribution in [-0.2, 0) is 21.9 Å². The molecule has 2 fully saturated rings. The van der Waals surface area contributed by atoms with Crippen molar-refractivity contribution in [3.8, 4) is 0 Å². The Morgan fingerprint density at radius 2 is 1.41 bits per heavy atom. The summed E-state index contributed by atoms with van der Waals surface area (Å²) in [6.45, 7) is 6.62. The topological polar surface area (TPSA) is 21.3 Å². The Bertz CT molecular complexity index is 447. The van der Waals surface area contributed by atoms with Crippen LogP contribution < -0.4 is 5.48 Å². The van der Waals surface area contributed by atoms with Crippen LogP contribution >= 0.6 is 0 Å². The second kappa shape index (κ2) is 14.6. The summed E-state index contributed by atoms with van der Waals surface area (Å²) < 4.78 is 0. The van der Waals surface area contributed by atoms with Crippen molar-refractivity contribution >= 4 is 0 Å². The van der Waals surface area contributed by atoms with E-state index < -0.39 is 0 Å². The molecule has 1 aromatic carbocycles. The minimum Gasteiger partial charge on any atom is -0.293 e. The Morgan fingerprint density at radius 3 is 1.89 bits per heavy atom. The maximum Gasteiger partial charge on any atom is 2.00 e. The largest absolute Gasteiger partial charge is 2.00 e. The van der Waals surface area contributed by atoms with E-state index in [1.165, 1.54) is 11.5 Å². The van der Waals surface area contributed by atoms with Gasteiger partial charge in [0.25, 0.3) is 0 Å². The van der Waals surface area contributed by atoms with E-state index >= 15 is 0 Å². The predicted octanol–water partition coefficient (Wildman–Crippen LogP) is 5.50. The van der Waals surface area contributed by atoms with E-state index in [1.807, 2.05) is 38.2 Å². The molecule has 2 nitrogen and oxygen atoms in total. The molecule has 0 aliphatic heterocycles. The predicted molar refractivity (Wildman–Crippen MR) is 109 cm³/mol. The Hall–Kier alpha value is -0.341. The van der Waals surface area contributed by atoms with Crippen LogP contribution in [0, 0.1) is 69.6 Å². The van der Waals surface area contributed by atoms with Gasteiger partial charge in [0.15, 0.2) is 0 Å². The average Bonchev–Trinajstić information content (AvgIpc) is 3.38. The van der Waals surface area contributed by atoms with Crippen LogP contribution in [0.5, 0.6) is 0 Å². The first-order valence-corrected chi connectivity index (χ1v) is 9.56. The fraction of sp³-hybridized carbons (Fsp3) is 0.333. The number of nitrogens with one attached hydrogen (secondary N) is 1. The van der Waals surface area contributed by atoms with Crippen LogP contribution in [0.15, 0.2) is 30.3 Å². The van der Waals surface area contributed by atoms with Gasteiger partial charge < -0.3 is 0 Å². The molecule has 0 aromatic heterocycles. The second-order valence-corrected chi connectivity index (χ2v) is 6.83. The van der Waals surface area contributed by atoms with Gasteiger partial charge in [0.2, 0.25) is 0 Å². The third-order valence-corrected chi connectivity index (χ3v) is 4.33. The molecule has 2 aliphatic carbocycles. The van der Waals surface area contributed by atoms with E-state index in [9.17, 15) is 0 Å². The summed E-state index contributed by atoms with van der Waals surface area (Å²) in [5, 5.41) is 0. The van der Waals surface area contributed by atoms with Crippen molar-refractivity contribution in [1.29, 1.82) is 0 Å². The molecule has 1 aromatic rings. The van der Waals surface area contributed by atoms with Crippen LogP contribution in [0.1, 0.15) is 45.3 Å². The van der Waals surface area contributed by atoms with Crippen molar-refractivity contribution in [1.82, 2.24) is 5.48 Å². The second-order valence-electron chi connectivity index (χ2n) is 6.83. The Kier molecular flexibility index (Phi) is 13.4. The van der Waals surface area contributed by atoms with Crippen molar-refractivity contribution in [2.75, 3.05) is 0 Å². The van der Waals surface area contributed by atoms with Gasteiger partial charge in [0, 0.05) is 12.0 Å². The first-order chi connectivity index (χ1) is 12.7. The first kappa shape index (κ1) is 24.7. The number of rotatable bonds is 8. The molecule has 1 N–H and O–H groups in total. The zero-order chi connectivity index (χ0) is 18.6. The summed E-state index contributed by atoms with van der Waals surface area (Å²) in [5.41, 5.74) is 4.54. The summed E-state index contributed by atoms with van der Waals surface area (Å²) in [5.74, 6) is 1.76. The molecule has 27 heavy (non-hydrogen) atoms. The molecule has 3 rings (SSSR count). The van der Waals surface area contributed by atoms with Crippen molar-refractivity contribution in [3.05, 3.63) is 99.6 Å². The van der Waals surface area contributed by atoms with Gasteiger partial charge in [0.05, 0.1) is 0 Å². The molecule has 144 valence electrons. The maximum absolute atomic E-state index is 6.07. The average molecular weight is 405 g/mol. The van der Waals surface area contributed by atoms with Crippen LogP contribution in [-0.4, -0.2) is 6.04 Å². The van der Waals surface area contributed by atoms with Crippen molar-refractivity contribution in [2.24, 2.45) is 5.92 Å². The number of hydrogen-bond acceptors (Lipinski definition) is 2. The summed E-state index contributed by atoms with van der Waals surface area (Å²) in [7, 11) is 0. The Morgan fingerprint density at radius 1 is 0.852 bits per heavy atom. The third kappa shape index (κ3) is 9.13. The van der Waals surface area contributed by atoms with E-state index in [4.69, 9.17) is 4.84 Å². The zero-order valence-electron chi connectivity index (χ0n) is 16.5. The van der Waals surface area contributed by atoms with Gasteiger partial charge in [0.1, 0.15) is 6.10 Å². The standard InChI is InChI=1S/C19H26NO.C5H5.Fe/c1-4-10-18(16-11-6-5-7-12-16)21-20-19(15(2)3)17-13-8-9-14-17;1-2-4-5-3-1;/h5-9,11-15,18-20H,4,10H2,1-3H3;1-5H;/q;;+2/t18-,19-;;/m0../s1. The monoisotopic (exact) mass is 405 g/mol. The van der Waals surface area contributed by atoms with Gasteiger partial charge in [-0.2, -0.15) is 5.48 Å². The van der Waals surface area contributed by atoms with Crippen molar-refractivity contribution in [3.63, 3.8) is 0 Å². The molecule has 0 saturated heterocycles. The third-order valence-electron chi connectivity index (χ3n) is 4.33. The van der Waals surface area contributed by atoms with Gasteiger partial charge in [-0.05, 0) is 75.7 Å². The van der Waals surface area contributed by atoms with Gasteiger partial charge in [-0.3, -0.25) is 4.84 Å². The summed E-state index contributed by atoms with van der Waals surface area (Å²) in [6, 6.07) is 10.7. The molecule has 2 saturated carbocycles. The molecule has 0 spiro atoms. The van der Waals surface area contributed by atoms with Crippen LogP contribution in [0.25, 0.3) is 0 Å². The summed E-state index contributed by atoms with van der Waals surface area (Å²) >= 11 is 0. The van der Waals surface area contributed by atoms with Crippen LogP contribution in [0.3, 0.4) is 0 Å². The molecule has 10 radical (unpaired) electrons. The van der Waals surface area contributed by atoms with Crippen LogP contribution in [0.4, 0.5) is 0 Å². The van der Waals surface area contributed by atoms with E-state index in [0.717, 1.165) is 12.8 Å². The SMILES string of the molecule is CCC[C@H](ON[C@H]([C]1[CH][CH][CH][CH]1)C(C)C)c1ccccc1.[CH]1[CH][CH][CH][CH]1.[Fe+2]. The molecule has 2 atom stereocenters.